The molecule has 0 bridgehead atoms. The van der Waals surface area contributed by atoms with Crippen LogP contribution in [0.4, 0.5) is 4.79 Å². The van der Waals surface area contributed by atoms with Gasteiger partial charge in [-0.05, 0) is 34.9 Å². The molecule has 1 aromatic heterocycles. The van der Waals surface area contributed by atoms with Crippen LogP contribution < -0.4 is 5.32 Å². The predicted octanol–water partition coefficient (Wildman–Crippen LogP) is 3.21. The fraction of sp³-hybridized carbons (Fsp3) is 0.353. The van der Waals surface area contributed by atoms with Crippen molar-refractivity contribution in [2.45, 2.75) is 19.1 Å². The third kappa shape index (κ3) is 3.31. The SMILES string of the molecule is CC1(c2ccccc2)CN(C(=O)NCc2ccsc2)CCO1. The summed E-state index contributed by atoms with van der Waals surface area (Å²) in [5, 5.41) is 7.05. The zero-order chi connectivity index (χ0) is 15.4. The molecule has 22 heavy (non-hydrogen) atoms. The van der Waals surface area contributed by atoms with Crippen molar-refractivity contribution in [1.29, 1.82) is 0 Å². The highest BCUT2D eigenvalue weighted by atomic mass is 32.1. The van der Waals surface area contributed by atoms with Crippen LogP contribution in [-0.2, 0) is 16.9 Å². The second-order valence-electron chi connectivity index (χ2n) is 5.66. The van der Waals surface area contributed by atoms with Crippen molar-refractivity contribution in [2.24, 2.45) is 0 Å². The van der Waals surface area contributed by atoms with Crippen LogP contribution in [0.5, 0.6) is 0 Å². The average molecular weight is 316 g/mol. The van der Waals surface area contributed by atoms with E-state index in [1.165, 1.54) is 0 Å². The highest BCUT2D eigenvalue weighted by molar-refractivity contribution is 7.07. The Kier molecular flexibility index (Phi) is 4.45. The number of nitrogens with one attached hydrogen (secondary N) is 1. The van der Waals surface area contributed by atoms with E-state index in [1.54, 1.807) is 11.3 Å². The summed E-state index contributed by atoms with van der Waals surface area (Å²) >= 11 is 1.64. The Morgan fingerprint density at radius 1 is 1.36 bits per heavy atom. The first-order valence-electron chi connectivity index (χ1n) is 7.41. The van der Waals surface area contributed by atoms with Gasteiger partial charge in [0.05, 0.1) is 13.2 Å². The van der Waals surface area contributed by atoms with E-state index in [0.29, 0.717) is 26.2 Å². The van der Waals surface area contributed by atoms with Crippen LogP contribution in [0.1, 0.15) is 18.1 Å². The number of thiophene rings is 1. The van der Waals surface area contributed by atoms with Gasteiger partial charge in [0.25, 0.3) is 0 Å². The standard InChI is InChI=1S/C17H20N2O2S/c1-17(15-5-3-2-4-6-15)13-19(8-9-21-17)16(20)18-11-14-7-10-22-12-14/h2-7,10,12H,8-9,11,13H2,1H3,(H,18,20). The minimum Gasteiger partial charge on any atom is -0.367 e. The minimum atomic E-state index is -0.445. The third-order valence-corrected chi connectivity index (χ3v) is 4.70. The van der Waals surface area contributed by atoms with E-state index in [2.05, 4.69) is 5.32 Å². The Morgan fingerprint density at radius 3 is 2.91 bits per heavy atom. The number of morpholine rings is 1. The van der Waals surface area contributed by atoms with Crippen LogP contribution in [0.25, 0.3) is 0 Å². The first-order chi connectivity index (χ1) is 10.7. The highest BCUT2D eigenvalue weighted by Crippen LogP contribution is 2.29. The summed E-state index contributed by atoms with van der Waals surface area (Å²) in [5.74, 6) is 0. The number of ether oxygens (including phenoxy) is 1. The van der Waals surface area contributed by atoms with Crippen molar-refractivity contribution < 1.29 is 9.53 Å². The summed E-state index contributed by atoms with van der Waals surface area (Å²) in [6, 6.07) is 12.1. The Labute approximate surface area is 134 Å². The van der Waals surface area contributed by atoms with Crippen LogP contribution >= 0.6 is 11.3 Å². The Morgan fingerprint density at radius 2 is 2.18 bits per heavy atom. The Hall–Kier alpha value is -1.85. The smallest absolute Gasteiger partial charge is 0.317 e. The first-order valence-corrected chi connectivity index (χ1v) is 8.35. The zero-order valence-corrected chi connectivity index (χ0v) is 13.4. The lowest BCUT2D eigenvalue weighted by molar-refractivity contribution is -0.0906. The van der Waals surface area contributed by atoms with E-state index < -0.39 is 5.60 Å². The number of carbonyl (C=O) groups excluding carboxylic acids is 1. The van der Waals surface area contributed by atoms with Crippen molar-refractivity contribution in [2.75, 3.05) is 19.7 Å². The molecule has 1 unspecified atom stereocenters. The molecule has 0 aliphatic carbocycles. The molecule has 1 aliphatic rings. The molecule has 5 heteroatoms. The molecular weight excluding hydrogens is 296 g/mol. The molecule has 4 nitrogen and oxygen atoms in total. The number of rotatable bonds is 3. The van der Waals surface area contributed by atoms with Gasteiger partial charge in [0.15, 0.2) is 0 Å². The molecule has 2 aromatic rings. The highest BCUT2D eigenvalue weighted by Gasteiger charge is 2.35. The van der Waals surface area contributed by atoms with Gasteiger partial charge in [-0.1, -0.05) is 30.3 Å². The van der Waals surface area contributed by atoms with Gasteiger partial charge in [0, 0.05) is 13.1 Å². The van der Waals surface area contributed by atoms with E-state index in [1.807, 2.05) is 59.0 Å². The predicted molar refractivity (Wildman–Crippen MR) is 87.9 cm³/mol. The molecule has 1 saturated heterocycles. The van der Waals surface area contributed by atoms with Crippen molar-refractivity contribution in [3.05, 3.63) is 58.3 Å². The zero-order valence-electron chi connectivity index (χ0n) is 12.6. The fourth-order valence-corrected chi connectivity index (χ4v) is 3.36. The van der Waals surface area contributed by atoms with E-state index in [0.717, 1.165) is 11.1 Å². The summed E-state index contributed by atoms with van der Waals surface area (Å²) in [6.45, 7) is 4.35. The largest absolute Gasteiger partial charge is 0.367 e. The Bertz CT molecular complexity index is 615. The minimum absolute atomic E-state index is 0.0309. The van der Waals surface area contributed by atoms with Crippen LogP contribution in [0, 0.1) is 0 Å². The lowest BCUT2D eigenvalue weighted by Crippen LogP contribution is -2.53. The van der Waals surface area contributed by atoms with Gasteiger partial charge in [-0.3, -0.25) is 0 Å². The summed E-state index contributed by atoms with van der Waals surface area (Å²) in [5.41, 5.74) is 1.79. The van der Waals surface area contributed by atoms with Gasteiger partial charge in [-0.2, -0.15) is 11.3 Å². The van der Waals surface area contributed by atoms with Gasteiger partial charge < -0.3 is 15.0 Å². The van der Waals surface area contributed by atoms with Gasteiger partial charge in [0.2, 0.25) is 0 Å². The number of hydrogen-bond donors (Lipinski definition) is 1. The molecule has 0 spiro atoms. The maximum Gasteiger partial charge on any atom is 0.317 e. The summed E-state index contributed by atoms with van der Waals surface area (Å²) in [4.78, 5) is 14.2. The molecule has 1 aromatic carbocycles. The fourth-order valence-electron chi connectivity index (χ4n) is 2.69. The van der Waals surface area contributed by atoms with Gasteiger partial charge in [-0.25, -0.2) is 4.79 Å². The molecule has 0 radical (unpaired) electrons. The third-order valence-electron chi connectivity index (χ3n) is 3.97. The molecule has 2 heterocycles. The second kappa shape index (κ2) is 6.50. The molecule has 3 rings (SSSR count). The van der Waals surface area contributed by atoms with E-state index in [-0.39, 0.29) is 6.03 Å². The maximum atomic E-state index is 12.4. The summed E-state index contributed by atoms with van der Waals surface area (Å²) in [7, 11) is 0. The lowest BCUT2D eigenvalue weighted by atomic mass is 9.94. The van der Waals surface area contributed by atoms with Crippen LogP contribution in [0.15, 0.2) is 47.2 Å². The molecule has 1 atom stereocenters. The number of carbonyl (C=O) groups is 1. The van der Waals surface area contributed by atoms with E-state index in [9.17, 15) is 4.79 Å². The van der Waals surface area contributed by atoms with E-state index in [4.69, 9.17) is 4.74 Å². The number of urea groups is 1. The Balaban J connectivity index is 1.63. The molecule has 1 fully saturated rings. The summed E-state index contributed by atoms with van der Waals surface area (Å²) in [6.07, 6.45) is 0. The van der Waals surface area contributed by atoms with Crippen molar-refractivity contribution in [3.63, 3.8) is 0 Å². The number of hydrogen-bond acceptors (Lipinski definition) is 3. The number of nitrogens with zero attached hydrogens (tertiary/aromatic N) is 1. The van der Waals surface area contributed by atoms with Gasteiger partial charge in [-0.15, -0.1) is 0 Å². The topological polar surface area (TPSA) is 41.6 Å². The maximum absolute atomic E-state index is 12.4. The molecule has 1 aliphatic heterocycles. The van der Waals surface area contributed by atoms with Crippen molar-refractivity contribution in [1.82, 2.24) is 10.2 Å². The molecular formula is C17H20N2O2S. The lowest BCUT2D eigenvalue weighted by Gasteiger charge is -2.40. The van der Waals surface area contributed by atoms with Gasteiger partial charge in [0.1, 0.15) is 5.60 Å². The average Bonchev–Trinajstić information content (AvgIpc) is 3.07. The number of amides is 2. The summed E-state index contributed by atoms with van der Waals surface area (Å²) < 4.78 is 5.96. The molecule has 0 saturated carbocycles. The molecule has 1 N–H and O–H groups in total. The van der Waals surface area contributed by atoms with E-state index >= 15 is 0 Å². The monoisotopic (exact) mass is 316 g/mol. The van der Waals surface area contributed by atoms with Crippen molar-refractivity contribution >= 4 is 17.4 Å². The van der Waals surface area contributed by atoms with Crippen LogP contribution in [0.2, 0.25) is 0 Å². The van der Waals surface area contributed by atoms with Gasteiger partial charge >= 0.3 is 6.03 Å². The normalized spacial score (nSPS) is 21.6. The van der Waals surface area contributed by atoms with Crippen LogP contribution in [0.3, 0.4) is 0 Å². The molecule has 2 amide bonds. The number of benzene rings is 1. The van der Waals surface area contributed by atoms with Crippen LogP contribution in [-0.4, -0.2) is 30.6 Å². The van der Waals surface area contributed by atoms with Crippen molar-refractivity contribution in [3.8, 4) is 0 Å². The molecule has 116 valence electrons. The first kappa shape index (κ1) is 15.1. The quantitative estimate of drug-likeness (QED) is 0.945. The second-order valence-corrected chi connectivity index (χ2v) is 6.44.